The summed E-state index contributed by atoms with van der Waals surface area (Å²) in [5.41, 5.74) is 4.25. The van der Waals surface area contributed by atoms with Crippen molar-refractivity contribution in [2.45, 2.75) is 13.3 Å². The van der Waals surface area contributed by atoms with Crippen LogP contribution in [0.3, 0.4) is 0 Å². The molecule has 1 amide bonds. The van der Waals surface area contributed by atoms with E-state index in [0.29, 0.717) is 33.3 Å². The molecule has 6 rings (SSSR count). The number of nitriles is 1. The second-order valence-electron chi connectivity index (χ2n) is 9.23. The number of anilines is 2. The van der Waals surface area contributed by atoms with E-state index in [2.05, 4.69) is 16.0 Å². The average Bonchev–Trinajstić information content (AvgIpc) is 3.56. The van der Waals surface area contributed by atoms with Crippen molar-refractivity contribution in [3.05, 3.63) is 77.2 Å². The van der Waals surface area contributed by atoms with Crippen molar-refractivity contribution in [1.29, 1.82) is 5.26 Å². The number of aromatic nitrogens is 5. The SMILES string of the molecule is CCc1nc2ccc(-c3cnc(C(=O)N4CC(=O)C4)nc3)cn2c1N(C)c1nc(-c2ccc(F)cc2)c(C#N)s1. The molecular formula is C28H21FN8O2S. The number of imidazole rings is 1. The van der Waals surface area contributed by atoms with Gasteiger partial charge in [0.1, 0.15) is 33.9 Å². The van der Waals surface area contributed by atoms with Gasteiger partial charge in [0.05, 0.1) is 18.8 Å². The largest absolute Gasteiger partial charge is 0.321 e. The maximum atomic E-state index is 13.5. The molecule has 0 unspecified atom stereocenters. The molecule has 4 aromatic heterocycles. The summed E-state index contributed by atoms with van der Waals surface area (Å²) in [5, 5.41) is 10.4. The van der Waals surface area contributed by atoms with Crippen molar-refractivity contribution in [3.8, 4) is 28.5 Å². The van der Waals surface area contributed by atoms with E-state index < -0.39 is 0 Å². The number of likely N-dealkylation sites (tertiary alicyclic amines) is 1. The van der Waals surface area contributed by atoms with Crippen LogP contribution in [-0.4, -0.2) is 61.1 Å². The fraction of sp³-hybridized carbons (Fsp3) is 0.179. The monoisotopic (exact) mass is 552 g/mol. The highest BCUT2D eigenvalue weighted by molar-refractivity contribution is 7.16. The van der Waals surface area contributed by atoms with Crippen molar-refractivity contribution in [1.82, 2.24) is 29.2 Å². The number of amides is 1. The van der Waals surface area contributed by atoms with Crippen LogP contribution in [0, 0.1) is 17.1 Å². The Balaban J connectivity index is 1.36. The van der Waals surface area contributed by atoms with E-state index >= 15 is 0 Å². The van der Waals surface area contributed by atoms with Gasteiger partial charge in [-0.1, -0.05) is 18.3 Å². The van der Waals surface area contributed by atoms with E-state index in [-0.39, 0.29) is 36.4 Å². The van der Waals surface area contributed by atoms with Gasteiger partial charge in [-0.3, -0.25) is 14.0 Å². The lowest BCUT2D eigenvalue weighted by molar-refractivity contribution is -0.127. The van der Waals surface area contributed by atoms with E-state index in [1.165, 1.54) is 28.4 Å². The lowest BCUT2D eigenvalue weighted by Crippen LogP contribution is -2.50. The standard InChI is InChI=1S/C28H21FN8O2S/c1-3-21-26(35(2)28-34-24(22(10-30)40-28)16-4-7-19(29)8-5-16)37-13-17(6-9-23(37)33-21)18-11-31-25(32-12-18)27(39)36-14-20(38)15-36/h4-9,11-13H,3,14-15H2,1-2H3. The molecule has 0 N–H and O–H groups in total. The van der Waals surface area contributed by atoms with Crippen LogP contribution in [0.25, 0.3) is 28.0 Å². The molecule has 1 aliphatic heterocycles. The maximum Gasteiger partial charge on any atom is 0.292 e. The molecule has 0 atom stereocenters. The molecule has 1 saturated heterocycles. The van der Waals surface area contributed by atoms with Crippen LogP contribution in [0.4, 0.5) is 15.3 Å². The summed E-state index contributed by atoms with van der Waals surface area (Å²) in [5.74, 6) is 0.122. The normalized spacial score (nSPS) is 12.8. The molecular weight excluding hydrogens is 531 g/mol. The second kappa shape index (κ2) is 9.94. The first-order valence-electron chi connectivity index (χ1n) is 12.4. The number of halogens is 1. The quantitative estimate of drug-likeness (QED) is 0.306. The van der Waals surface area contributed by atoms with Crippen molar-refractivity contribution < 1.29 is 14.0 Å². The zero-order valence-corrected chi connectivity index (χ0v) is 22.3. The summed E-state index contributed by atoms with van der Waals surface area (Å²) in [6.45, 7) is 2.21. The Morgan fingerprint density at radius 1 is 1.07 bits per heavy atom. The number of fused-ring (bicyclic) bond motifs is 1. The fourth-order valence-electron chi connectivity index (χ4n) is 4.52. The number of pyridine rings is 1. The molecule has 10 nitrogen and oxygen atoms in total. The van der Waals surface area contributed by atoms with Gasteiger partial charge >= 0.3 is 0 Å². The number of rotatable bonds is 6. The Morgan fingerprint density at radius 2 is 1.77 bits per heavy atom. The third-order valence-electron chi connectivity index (χ3n) is 6.64. The zero-order chi connectivity index (χ0) is 28.0. The summed E-state index contributed by atoms with van der Waals surface area (Å²) < 4.78 is 15.4. The summed E-state index contributed by atoms with van der Waals surface area (Å²) in [6, 6.07) is 11.9. The fourth-order valence-corrected chi connectivity index (χ4v) is 5.37. The highest BCUT2D eigenvalue weighted by Gasteiger charge is 2.30. The van der Waals surface area contributed by atoms with Gasteiger partial charge in [0, 0.05) is 42.3 Å². The van der Waals surface area contributed by atoms with Crippen LogP contribution in [-0.2, 0) is 11.2 Å². The van der Waals surface area contributed by atoms with Gasteiger partial charge in [-0.05, 0) is 42.8 Å². The van der Waals surface area contributed by atoms with Gasteiger partial charge in [-0.15, -0.1) is 0 Å². The summed E-state index contributed by atoms with van der Waals surface area (Å²) in [7, 11) is 1.87. The topological polar surface area (TPSA) is 120 Å². The van der Waals surface area contributed by atoms with Crippen LogP contribution < -0.4 is 4.90 Å². The first kappa shape index (κ1) is 25.3. The number of carbonyl (C=O) groups excluding carboxylic acids is 2. The number of Topliss-reactive ketones (excluding diaryl/α,β-unsaturated/α-hetero) is 1. The molecule has 40 heavy (non-hydrogen) atoms. The number of carbonyl (C=O) groups is 2. The summed E-state index contributed by atoms with van der Waals surface area (Å²) >= 11 is 1.25. The Labute approximate surface area is 232 Å². The van der Waals surface area contributed by atoms with E-state index in [4.69, 9.17) is 9.97 Å². The highest BCUT2D eigenvalue weighted by Crippen LogP contribution is 2.37. The van der Waals surface area contributed by atoms with Crippen molar-refractivity contribution in [2.24, 2.45) is 0 Å². The van der Waals surface area contributed by atoms with Gasteiger partial charge in [0.2, 0.25) is 5.82 Å². The highest BCUT2D eigenvalue weighted by atomic mass is 32.1. The molecule has 1 aliphatic rings. The van der Waals surface area contributed by atoms with E-state index in [1.54, 1.807) is 24.5 Å². The van der Waals surface area contributed by atoms with Crippen LogP contribution >= 0.6 is 11.3 Å². The van der Waals surface area contributed by atoms with Crippen molar-refractivity contribution in [2.75, 3.05) is 25.0 Å². The smallest absolute Gasteiger partial charge is 0.292 e. The van der Waals surface area contributed by atoms with E-state index in [9.17, 15) is 19.2 Å². The zero-order valence-electron chi connectivity index (χ0n) is 21.5. The molecule has 5 aromatic rings. The lowest BCUT2D eigenvalue weighted by atomic mass is 10.1. The molecule has 0 radical (unpaired) electrons. The molecule has 0 saturated carbocycles. The maximum absolute atomic E-state index is 13.5. The molecule has 0 spiro atoms. The predicted molar refractivity (Wildman–Crippen MR) is 147 cm³/mol. The number of hydrogen-bond donors (Lipinski definition) is 0. The third kappa shape index (κ3) is 4.36. The number of ketones is 1. The summed E-state index contributed by atoms with van der Waals surface area (Å²) in [4.78, 5) is 45.4. The number of benzene rings is 1. The molecule has 1 fully saturated rings. The Hall–Kier alpha value is -5.02. The predicted octanol–water partition coefficient (Wildman–Crippen LogP) is 4.28. The molecule has 5 heterocycles. The Morgan fingerprint density at radius 3 is 2.42 bits per heavy atom. The molecule has 1 aromatic carbocycles. The van der Waals surface area contributed by atoms with Crippen molar-refractivity contribution in [3.63, 3.8) is 0 Å². The van der Waals surface area contributed by atoms with Crippen molar-refractivity contribution >= 4 is 39.6 Å². The third-order valence-corrected chi connectivity index (χ3v) is 7.67. The number of thiazole rings is 1. The lowest BCUT2D eigenvalue weighted by Gasteiger charge is -2.28. The molecule has 0 bridgehead atoms. The molecule has 198 valence electrons. The number of aryl methyl sites for hydroxylation is 1. The minimum absolute atomic E-state index is 0.0131. The first-order chi connectivity index (χ1) is 19.4. The van der Waals surface area contributed by atoms with E-state index in [0.717, 1.165) is 22.7 Å². The Kier molecular flexibility index (Phi) is 6.28. The van der Waals surface area contributed by atoms with Gasteiger partial charge in [-0.2, -0.15) is 5.26 Å². The van der Waals surface area contributed by atoms with Crippen LogP contribution in [0.15, 0.2) is 55.0 Å². The first-order valence-corrected chi connectivity index (χ1v) is 13.2. The van der Waals surface area contributed by atoms with Gasteiger partial charge in [-0.25, -0.2) is 24.3 Å². The van der Waals surface area contributed by atoms with Crippen LogP contribution in [0.2, 0.25) is 0 Å². The average molecular weight is 553 g/mol. The van der Waals surface area contributed by atoms with Gasteiger partial charge in [0.25, 0.3) is 5.91 Å². The molecule has 0 aliphatic carbocycles. The second-order valence-corrected chi connectivity index (χ2v) is 10.2. The van der Waals surface area contributed by atoms with Crippen LogP contribution in [0.1, 0.15) is 28.1 Å². The minimum Gasteiger partial charge on any atom is -0.321 e. The Bertz CT molecular complexity index is 1810. The molecule has 12 heteroatoms. The number of hydrogen-bond acceptors (Lipinski definition) is 9. The van der Waals surface area contributed by atoms with Gasteiger partial charge < -0.3 is 9.80 Å². The van der Waals surface area contributed by atoms with Gasteiger partial charge in [0.15, 0.2) is 10.9 Å². The summed E-state index contributed by atoms with van der Waals surface area (Å²) in [6.07, 6.45) is 5.75. The minimum atomic E-state index is -0.368. The number of nitrogens with zero attached hydrogens (tertiary/aromatic N) is 8. The van der Waals surface area contributed by atoms with E-state index in [1.807, 2.05) is 41.6 Å². The van der Waals surface area contributed by atoms with Crippen LogP contribution in [0.5, 0.6) is 0 Å².